The first-order chi connectivity index (χ1) is 10.2. The third-order valence-electron chi connectivity index (χ3n) is 3.30. The van der Waals surface area contributed by atoms with Gasteiger partial charge in [-0.1, -0.05) is 51.7 Å². The van der Waals surface area contributed by atoms with Crippen LogP contribution in [0.3, 0.4) is 0 Å². The normalized spacial score (nSPS) is 11.4. The molecule has 0 saturated heterocycles. The van der Waals surface area contributed by atoms with Gasteiger partial charge >= 0.3 is 0 Å². The maximum atomic E-state index is 5.64. The highest BCUT2D eigenvalue weighted by Crippen LogP contribution is 2.02. The van der Waals surface area contributed by atoms with Crippen LogP contribution in [0.15, 0.2) is 6.20 Å². The van der Waals surface area contributed by atoms with Crippen molar-refractivity contribution in [2.24, 2.45) is 5.92 Å². The summed E-state index contributed by atoms with van der Waals surface area (Å²) in [4.78, 5) is 0. The van der Waals surface area contributed by atoms with Crippen molar-refractivity contribution in [3.05, 3.63) is 11.9 Å². The predicted molar refractivity (Wildman–Crippen MR) is 86.1 cm³/mol. The number of nitrogens with zero attached hydrogens (tertiary/aromatic N) is 3. The first-order valence-corrected chi connectivity index (χ1v) is 8.39. The quantitative estimate of drug-likeness (QED) is 0.569. The molecule has 0 aliphatic heterocycles. The number of unbranched alkanes of at least 4 members (excludes halogenated alkanes) is 4. The summed E-state index contributed by atoms with van der Waals surface area (Å²) in [6, 6.07) is 0. The van der Waals surface area contributed by atoms with Crippen LogP contribution in [0, 0.1) is 5.92 Å². The van der Waals surface area contributed by atoms with Crippen molar-refractivity contribution in [2.75, 3.05) is 19.8 Å². The Hall–Kier alpha value is -0.940. The van der Waals surface area contributed by atoms with Gasteiger partial charge in [-0.2, -0.15) is 0 Å². The first-order valence-electron chi connectivity index (χ1n) is 8.39. The van der Waals surface area contributed by atoms with E-state index in [1.807, 2.05) is 10.9 Å². The number of rotatable bonds is 13. The fraction of sp³-hybridized carbons (Fsp3) is 0.875. The van der Waals surface area contributed by atoms with Gasteiger partial charge in [0.25, 0.3) is 0 Å². The molecule has 21 heavy (non-hydrogen) atoms. The Morgan fingerprint density at radius 1 is 1.19 bits per heavy atom. The van der Waals surface area contributed by atoms with Crippen LogP contribution in [0.5, 0.6) is 0 Å². The summed E-state index contributed by atoms with van der Waals surface area (Å²) < 4.78 is 7.50. The van der Waals surface area contributed by atoms with Crippen molar-refractivity contribution < 1.29 is 4.74 Å². The summed E-state index contributed by atoms with van der Waals surface area (Å²) in [7, 11) is 0. The highest BCUT2D eigenvalue weighted by molar-refractivity contribution is 4.91. The molecular formula is C16H32N4O. The minimum Gasteiger partial charge on any atom is -0.380 e. The molecular weight excluding hydrogens is 264 g/mol. The Balaban J connectivity index is 2.01. The van der Waals surface area contributed by atoms with Crippen LogP contribution >= 0.6 is 0 Å². The molecule has 0 aliphatic rings. The topological polar surface area (TPSA) is 52.0 Å². The number of aromatic nitrogens is 3. The number of hydrogen-bond donors (Lipinski definition) is 1. The minimum absolute atomic E-state index is 0.658. The molecule has 1 aromatic heterocycles. The average Bonchev–Trinajstić information content (AvgIpc) is 2.89. The zero-order chi connectivity index (χ0) is 15.3. The van der Waals surface area contributed by atoms with Gasteiger partial charge in [0.15, 0.2) is 0 Å². The third kappa shape index (κ3) is 9.58. The number of nitrogens with one attached hydrogen (secondary N) is 1. The fourth-order valence-electron chi connectivity index (χ4n) is 2.09. The largest absolute Gasteiger partial charge is 0.380 e. The molecule has 0 unspecified atom stereocenters. The standard InChI is InChI=1S/C16H32N4O/c1-4-5-6-7-8-10-21-11-9-20-14-16(18-19-20)13-17-12-15(2)3/h14-15,17H,4-13H2,1-3H3. The molecule has 0 atom stereocenters. The third-order valence-corrected chi connectivity index (χ3v) is 3.30. The van der Waals surface area contributed by atoms with E-state index in [1.165, 1.54) is 32.1 Å². The molecule has 0 aliphatic carbocycles. The second-order valence-corrected chi connectivity index (χ2v) is 6.02. The monoisotopic (exact) mass is 296 g/mol. The molecule has 122 valence electrons. The van der Waals surface area contributed by atoms with Crippen molar-refractivity contribution in [1.82, 2.24) is 20.3 Å². The molecule has 1 aromatic rings. The van der Waals surface area contributed by atoms with E-state index < -0.39 is 0 Å². The summed E-state index contributed by atoms with van der Waals surface area (Å²) in [6.07, 6.45) is 8.41. The lowest BCUT2D eigenvalue weighted by atomic mass is 10.2. The molecule has 0 aromatic carbocycles. The molecule has 0 saturated carbocycles. The molecule has 0 amide bonds. The van der Waals surface area contributed by atoms with Gasteiger partial charge in [0, 0.05) is 19.3 Å². The molecule has 1 heterocycles. The Kier molecular flexibility index (Phi) is 10.1. The van der Waals surface area contributed by atoms with Crippen molar-refractivity contribution in [3.63, 3.8) is 0 Å². The van der Waals surface area contributed by atoms with Gasteiger partial charge in [-0.3, -0.25) is 0 Å². The maximum absolute atomic E-state index is 5.64. The smallest absolute Gasteiger partial charge is 0.0964 e. The molecule has 0 spiro atoms. The Morgan fingerprint density at radius 3 is 2.76 bits per heavy atom. The van der Waals surface area contributed by atoms with Crippen LogP contribution in [0.4, 0.5) is 0 Å². The van der Waals surface area contributed by atoms with Gasteiger partial charge in [-0.15, -0.1) is 5.10 Å². The van der Waals surface area contributed by atoms with Crippen molar-refractivity contribution in [1.29, 1.82) is 0 Å². The molecule has 0 bridgehead atoms. The summed E-state index contributed by atoms with van der Waals surface area (Å²) in [5.41, 5.74) is 0.996. The molecule has 5 heteroatoms. The lowest BCUT2D eigenvalue weighted by molar-refractivity contribution is 0.119. The number of hydrogen-bond acceptors (Lipinski definition) is 4. The average molecular weight is 296 g/mol. The summed E-state index contributed by atoms with van der Waals surface area (Å²) in [5.74, 6) is 0.658. The number of ether oxygens (including phenoxy) is 1. The lowest BCUT2D eigenvalue weighted by Gasteiger charge is -2.05. The zero-order valence-electron chi connectivity index (χ0n) is 14.0. The van der Waals surface area contributed by atoms with E-state index in [1.54, 1.807) is 0 Å². The van der Waals surface area contributed by atoms with Crippen LogP contribution in [0.2, 0.25) is 0 Å². The SMILES string of the molecule is CCCCCCCOCCn1cc(CNCC(C)C)nn1. The summed E-state index contributed by atoms with van der Waals surface area (Å²) in [5, 5.41) is 11.6. The molecule has 1 rings (SSSR count). The van der Waals surface area contributed by atoms with Crippen LogP contribution in [0.1, 0.15) is 58.6 Å². The van der Waals surface area contributed by atoms with Gasteiger partial charge in [-0.25, -0.2) is 4.68 Å². The van der Waals surface area contributed by atoms with Crippen LogP contribution < -0.4 is 5.32 Å². The van der Waals surface area contributed by atoms with Gasteiger partial charge < -0.3 is 10.1 Å². The maximum Gasteiger partial charge on any atom is 0.0964 e. The second kappa shape index (κ2) is 11.7. The van der Waals surface area contributed by atoms with E-state index >= 15 is 0 Å². The van der Waals surface area contributed by atoms with E-state index in [0.29, 0.717) is 5.92 Å². The Labute approximate surface area is 129 Å². The summed E-state index contributed by atoms with van der Waals surface area (Å²) >= 11 is 0. The molecule has 5 nitrogen and oxygen atoms in total. The van der Waals surface area contributed by atoms with Gasteiger partial charge in [0.2, 0.25) is 0 Å². The highest BCUT2D eigenvalue weighted by atomic mass is 16.5. The van der Waals surface area contributed by atoms with Gasteiger partial charge in [-0.05, 0) is 18.9 Å². The van der Waals surface area contributed by atoms with Crippen molar-refractivity contribution >= 4 is 0 Å². The molecule has 1 N–H and O–H groups in total. The fourth-order valence-corrected chi connectivity index (χ4v) is 2.09. The van der Waals surface area contributed by atoms with E-state index in [0.717, 1.165) is 38.5 Å². The lowest BCUT2D eigenvalue weighted by Crippen LogP contribution is -2.19. The van der Waals surface area contributed by atoms with Gasteiger partial charge in [0.1, 0.15) is 0 Å². The molecule has 0 radical (unpaired) electrons. The highest BCUT2D eigenvalue weighted by Gasteiger charge is 2.01. The predicted octanol–water partition coefficient (Wildman–Crippen LogP) is 3.01. The zero-order valence-corrected chi connectivity index (χ0v) is 14.0. The van der Waals surface area contributed by atoms with Crippen molar-refractivity contribution in [3.8, 4) is 0 Å². The van der Waals surface area contributed by atoms with E-state index in [4.69, 9.17) is 4.74 Å². The first kappa shape index (κ1) is 18.1. The van der Waals surface area contributed by atoms with Gasteiger partial charge in [0.05, 0.1) is 18.8 Å². The van der Waals surface area contributed by atoms with E-state index in [-0.39, 0.29) is 0 Å². The molecule has 0 fully saturated rings. The minimum atomic E-state index is 0.658. The Bertz CT molecular complexity index is 352. The summed E-state index contributed by atoms with van der Waals surface area (Å²) in [6.45, 7) is 10.8. The second-order valence-electron chi connectivity index (χ2n) is 6.02. The van der Waals surface area contributed by atoms with Crippen molar-refractivity contribution in [2.45, 2.75) is 66.0 Å². The van der Waals surface area contributed by atoms with Crippen LogP contribution in [-0.2, 0) is 17.8 Å². The van der Waals surface area contributed by atoms with Crippen LogP contribution in [0.25, 0.3) is 0 Å². The van der Waals surface area contributed by atoms with E-state index in [2.05, 4.69) is 36.4 Å². The van der Waals surface area contributed by atoms with E-state index in [9.17, 15) is 0 Å². The Morgan fingerprint density at radius 2 is 2.00 bits per heavy atom. The van der Waals surface area contributed by atoms with Crippen LogP contribution in [-0.4, -0.2) is 34.8 Å².